The van der Waals surface area contributed by atoms with Crippen LogP contribution in [-0.4, -0.2) is 37.5 Å². The standard InChI is InChI=1S/C11H14FN3O2.C3H6F2.C2H5F.2C2H6/c1-15(16)7-2-3-9(12)8(6-7)10-4-5-17-11(13)14-10;1-3(2,4)5;1-2-3;2*1-2/h2-3,6,10,16H,4-5H2,1H3,(H2,13,14);1-2H3;2H2,1H3;2*1-2H3. The van der Waals surface area contributed by atoms with Crippen molar-refractivity contribution in [3.63, 3.8) is 0 Å². The quantitative estimate of drug-likeness (QED) is 0.441. The molecule has 9 heteroatoms. The SMILES string of the molecule is CC.CC.CC(C)(F)F.CCF.CN(O)c1ccc(F)c(C2CCOC(N)=N2)c1. The zero-order chi connectivity index (χ0) is 23.6. The van der Waals surface area contributed by atoms with Gasteiger partial charge in [0.2, 0.25) is 5.92 Å². The van der Waals surface area contributed by atoms with Gasteiger partial charge < -0.3 is 10.5 Å². The van der Waals surface area contributed by atoms with Crippen LogP contribution in [0.25, 0.3) is 0 Å². The van der Waals surface area contributed by atoms with E-state index in [1.54, 1.807) is 6.07 Å². The number of alkyl halides is 3. The van der Waals surface area contributed by atoms with E-state index in [4.69, 9.17) is 10.5 Å². The Kier molecular flexibility index (Phi) is 19.7. The van der Waals surface area contributed by atoms with Gasteiger partial charge in [0.1, 0.15) is 5.82 Å². The smallest absolute Gasteiger partial charge is 0.282 e. The van der Waals surface area contributed by atoms with Gasteiger partial charge in [0, 0.05) is 19.0 Å². The summed E-state index contributed by atoms with van der Waals surface area (Å²) in [4.78, 5) is 4.05. The molecule has 3 N–H and O–H groups in total. The van der Waals surface area contributed by atoms with Gasteiger partial charge in [0.25, 0.3) is 6.02 Å². The van der Waals surface area contributed by atoms with Gasteiger partial charge in [0.05, 0.1) is 25.0 Å². The van der Waals surface area contributed by atoms with Crippen molar-refractivity contribution in [2.45, 2.75) is 66.9 Å². The molecule has 0 aliphatic carbocycles. The summed E-state index contributed by atoms with van der Waals surface area (Å²) in [6, 6.07) is 4.07. The molecule has 1 atom stereocenters. The number of ether oxygens (including phenoxy) is 1. The molecule has 1 aliphatic heterocycles. The minimum atomic E-state index is -2.50. The highest BCUT2D eigenvalue weighted by Crippen LogP contribution is 2.29. The van der Waals surface area contributed by atoms with Gasteiger partial charge in [-0.25, -0.2) is 18.2 Å². The number of halogens is 4. The zero-order valence-corrected chi connectivity index (χ0v) is 18.8. The van der Waals surface area contributed by atoms with Crippen molar-refractivity contribution < 1.29 is 27.5 Å². The number of hydrogen-bond donors (Lipinski definition) is 2. The third-order valence-corrected chi connectivity index (χ3v) is 2.64. The lowest BCUT2D eigenvalue weighted by molar-refractivity contribution is 0.0437. The Morgan fingerprint density at radius 2 is 1.69 bits per heavy atom. The average Bonchev–Trinajstić information content (AvgIpc) is 2.64. The van der Waals surface area contributed by atoms with Crippen LogP contribution in [-0.2, 0) is 4.74 Å². The molecule has 29 heavy (non-hydrogen) atoms. The number of anilines is 1. The molecule has 2 rings (SSSR count). The Labute approximate surface area is 172 Å². The molecule has 172 valence electrons. The number of nitrogens with two attached hydrogens (primary N) is 1. The first-order valence-corrected chi connectivity index (χ1v) is 9.61. The summed E-state index contributed by atoms with van der Waals surface area (Å²) in [5.74, 6) is -2.86. The van der Waals surface area contributed by atoms with Crippen molar-refractivity contribution in [2.24, 2.45) is 10.7 Å². The van der Waals surface area contributed by atoms with Crippen molar-refractivity contribution in [3.05, 3.63) is 29.6 Å². The lowest BCUT2D eigenvalue weighted by Crippen LogP contribution is -2.24. The van der Waals surface area contributed by atoms with Crippen LogP contribution in [0.2, 0.25) is 0 Å². The van der Waals surface area contributed by atoms with Crippen molar-refractivity contribution >= 4 is 11.7 Å². The van der Waals surface area contributed by atoms with E-state index in [1.807, 2.05) is 27.7 Å². The molecule has 5 nitrogen and oxygen atoms in total. The number of hydroxylamine groups is 1. The first kappa shape index (κ1) is 31.7. The molecule has 1 aliphatic rings. The number of benzene rings is 1. The van der Waals surface area contributed by atoms with Crippen LogP contribution < -0.4 is 10.8 Å². The van der Waals surface area contributed by atoms with E-state index >= 15 is 0 Å². The van der Waals surface area contributed by atoms with Crippen LogP contribution in [0.15, 0.2) is 23.2 Å². The number of amidine groups is 1. The third kappa shape index (κ3) is 17.8. The summed E-state index contributed by atoms with van der Waals surface area (Å²) in [7, 11) is 1.47. The Morgan fingerprint density at radius 3 is 2.07 bits per heavy atom. The van der Waals surface area contributed by atoms with Crippen molar-refractivity contribution in [2.75, 3.05) is 25.4 Å². The monoisotopic (exact) mass is 427 g/mol. The largest absolute Gasteiger partial charge is 0.465 e. The molecule has 0 saturated heterocycles. The van der Waals surface area contributed by atoms with Crippen LogP contribution >= 0.6 is 0 Å². The van der Waals surface area contributed by atoms with Gasteiger partial charge in [-0.2, -0.15) is 0 Å². The summed E-state index contributed by atoms with van der Waals surface area (Å²) in [5, 5.41) is 10.2. The molecular formula is C20H37F4N3O2. The highest BCUT2D eigenvalue weighted by atomic mass is 19.3. The van der Waals surface area contributed by atoms with Crippen LogP contribution in [0.5, 0.6) is 0 Å². The Hall–Kier alpha value is -2.03. The highest BCUT2D eigenvalue weighted by molar-refractivity contribution is 5.72. The summed E-state index contributed by atoms with van der Waals surface area (Å²) in [6.07, 6.45) is 0.566. The predicted molar refractivity (Wildman–Crippen MR) is 112 cm³/mol. The molecule has 0 saturated carbocycles. The van der Waals surface area contributed by atoms with Crippen LogP contribution in [0.1, 0.15) is 66.5 Å². The first-order chi connectivity index (χ1) is 13.5. The second kappa shape index (κ2) is 18.0. The Balaban J connectivity index is -0.000000473. The fraction of sp³-hybridized carbons (Fsp3) is 0.650. The van der Waals surface area contributed by atoms with Crippen LogP contribution in [0, 0.1) is 5.82 Å². The van der Waals surface area contributed by atoms with Gasteiger partial charge in [-0.1, -0.05) is 27.7 Å². The molecule has 1 aromatic rings. The molecule has 0 bridgehead atoms. The van der Waals surface area contributed by atoms with Crippen molar-refractivity contribution in [1.29, 1.82) is 0 Å². The normalized spacial score (nSPS) is 14.5. The second-order valence-corrected chi connectivity index (χ2v) is 5.44. The molecule has 0 aromatic heterocycles. The van der Waals surface area contributed by atoms with E-state index in [-0.39, 0.29) is 24.6 Å². The maximum absolute atomic E-state index is 13.7. The zero-order valence-electron chi connectivity index (χ0n) is 18.8. The Bertz CT molecular complexity index is 545. The van der Waals surface area contributed by atoms with E-state index < -0.39 is 5.92 Å². The molecule has 0 radical (unpaired) electrons. The minimum absolute atomic E-state index is 0.0726. The van der Waals surface area contributed by atoms with Crippen molar-refractivity contribution in [1.82, 2.24) is 0 Å². The topological polar surface area (TPSA) is 71.1 Å². The number of hydrogen-bond acceptors (Lipinski definition) is 5. The molecular weight excluding hydrogens is 390 g/mol. The fourth-order valence-corrected chi connectivity index (χ4v) is 1.74. The molecule has 0 spiro atoms. The van der Waals surface area contributed by atoms with Gasteiger partial charge >= 0.3 is 0 Å². The lowest BCUT2D eigenvalue weighted by atomic mass is 10.0. The first-order valence-electron chi connectivity index (χ1n) is 9.61. The predicted octanol–water partition coefficient (Wildman–Crippen LogP) is 6.12. The van der Waals surface area contributed by atoms with E-state index in [0.717, 1.165) is 18.9 Å². The molecule has 0 fully saturated rings. The van der Waals surface area contributed by atoms with E-state index in [1.165, 1.54) is 26.1 Å². The lowest BCUT2D eigenvalue weighted by Gasteiger charge is -2.21. The number of nitrogens with zero attached hydrogens (tertiary/aromatic N) is 2. The van der Waals surface area contributed by atoms with E-state index in [0.29, 0.717) is 24.3 Å². The van der Waals surface area contributed by atoms with Gasteiger partial charge in [-0.05, 0) is 39.0 Å². The minimum Gasteiger partial charge on any atom is -0.465 e. The maximum atomic E-state index is 13.7. The number of aliphatic imine (C=N–C) groups is 1. The van der Waals surface area contributed by atoms with Crippen LogP contribution in [0.4, 0.5) is 23.2 Å². The summed E-state index contributed by atoms with van der Waals surface area (Å²) < 4.78 is 51.0. The average molecular weight is 428 g/mol. The van der Waals surface area contributed by atoms with Crippen molar-refractivity contribution in [3.8, 4) is 0 Å². The molecule has 1 heterocycles. The van der Waals surface area contributed by atoms with E-state index in [2.05, 4.69) is 4.99 Å². The second-order valence-electron chi connectivity index (χ2n) is 5.44. The molecule has 1 unspecified atom stereocenters. The highest BCUT2D eigenvalue weighted by Gasteiger charge is 2.20. The van der Waals surface area contributed by atoms with Gasteiger partial charge in [0.15, 0.2) is 0 Å². The van der Waals surface area contributed by atoms with Crippen LogP contribution in [0.3, 0.4) is 0 Å². The summed E-state index contributed by atoms with van der Waals surface area (Å²) in [5.41, 5.74) is 6.37. The number of rotatable bonds is 2. The van der Waals surface area contributed by atoms with E-state index in [9.17, 15) is 22.8 Å². The summed E-state index contributed by atoms with van der Waals surface area (Å²) >= 11 is 0. The molecule has 0 amide bonds. The third-order valence-electron chi connectivity index (χ3n) is 2.64. The summed E-state index contributed by atoms with van der Waals surface area (Å²) in [6.45, 7) is 11.3. The maximum Gasteiger partial charge on any atom is 0.282 e. The molecule has 1 aromatic carbocycles. The Morgan fingerprint density at radius 1 is 1.24 bits per heavy atom. The van der Waals surface area contributed by atoms with Gasteiger partial charge in [-0.15, -0.1) is 0 Å². The fourth-order valence-electron chi connectivity index (χ4n) is 1.74. The van der Waals surface area contributed by atoms with Gasteiger partial charge in [-0.3, -0.25) is 14.7 Å².